The van der Waals surface area contributed by atoms with Crippen LogP contribution in [0.5, 0.6) is 5.75 Å². The highest BCUT2D eigenvalue weighted by Crippen LogP contribution is 2.35. The minimum absolute atomic E-state index is 0.0785. The number of rotatable bonds is 3. The summed E-state index contributed by atoms with van der Waals surface area (Å²) in [4.78, 5) is -0.0785. The van der Waals surface area contributed by atoms with Gasteiger partial charge in [0, 0.05) is 0 Å². The number of hydrogen-bond acceptors (Lipinski definition) is 1. The van der Waals surface area contributed by atoms with Gasteiger partial charge >= 0.3 is 0 Å². The van der Waals surface area contributed by atoms with Gasteiger partial charge in [-0.25, -0.2) is 4.39 Å². The molecule has 2 aromatic carbocycles. The Balaban J connectivity index is 2.38. The van der Waals surface area contributed by atoms with Crippen molar-refractivity contribution in [3.05, 3.63) is 63.9 Å². The first kappa shape index (κ1) is 14.4. The van der Waals surface area contributed by atoms with E-state index in [0.717, 1.165) is 22.4 Å². The maximum Gasteiger partial charge on any atom is 0.142 e. The van der Waals surface area contributed by atoms with Crippen molar-refractivity contribution in [1.82, 2.24) is 0 Å². The average molecular weight is 344 g/mol. The van der Waals surface area contributed by atoms with Crippen LogP contribution in [-0.4, -0.2) is 7.11 Å². The maximum atomic E-state index is 13.5. The van der Waals surface area contributed by atoms with Crippen molar-refractivity contribution in [2.75, 3.05) is 7.11 Å². The molecule has 2 rings (SSSR count). The second kappa shape index (κ2) is 5.93. The molecule has 19 heavy (non-hydrogen) atoms. The Kier molecular flexibility index (Phi) is 4.48. The van der Waals surface area contributed by atoms with Crippen LogP contribution in [0.3, 0.4) is 0 Å². The van der Waals surface area contributed by atoms with Crippen LogP contribution in [-0.2, 0) is 0 Å². The van der Waals surface area contributed by atoms with Crippen LogP contribution in [0.2, 0.25) is 5.02 Å². The first-order valence-corrected chi connectivity index (χ1v) is 7.06. The van der Waals surface area contributed by atoms with Crippen LogP contribution in [0.4, 0.5) is 4.39 Å². The van der Waals surface area contributed by atoms with E-state index >= 15 is 0 Å². The normalized spacial score (nSPS) is 12.3. The van der Waals surface area contributed by atoms with Gasteiger partial charge in [-0.1, -0.05) is 39.7 Å². The van der Waals surface area contributed by atoms with Gasteiger partial charge < -0.3 is 4.74 Å². The molecule has 0 saturated carbocycles. The van der Waals surface area contributed by atoms with E-state index in [2.05, 4.69) is 15.9 Å². The van der Waals surface area contributed by atoms with Crippen molar-refractivity contribution in [3.8, 4) is 5.75 Å². The van der Waals surface area contributed by atoms with Crippen molar-refractivity contribution >= 4 is 27.5 Å². The highest BCUT2D eigenvalue weighted by Gasteiger charge is 2.14. The minimum Gasteiger partial charge on any atom is -0.497 e. The van der Waals surface area contributed by atoms with Gasteiger partial charge in [0.15, 0.2) is 0 Å². The van der Waals surface area contributed by atoms with E-state index in [9.17, 15) is 4.39 Å². The highest BCUT2D eigenvalue weighted by molar-refractivity contribution is 9.09. The zero-order valence-corrected chi connectivity index (χ0v) is 12.9. The zero-order chi connectivity index (χ0) is 14.0. The van der Waals surface area contributed by atoms with Gasteiger partial charge in [0.1, 0.15) is 11.6 Å². The van der Waals surface area contributed by atoms with Crippen LogP contribution in [0.15, 0.2) is 36.4 Å². The molecule has 0 N–H and O–H groups in total. The van der Waals surface area contributed by atoms with E-state index < -0.39 is 5.82 Å². The fourth-order valence-electron chi connectivity index (χ4n) is 1.91. The molecule has 1 nitrogen and oxygen atoms in total. The fraction of sp³-hybridized carbons (Fsp3) is 0.200. The quantitative estimate of drug-likeness (QED) is 0.689. The summed E-state index contributed by atoms with van der Waals surface area (Å²) < 4.78 is 18.7. The summed E-state index contributed by atoms with van der Waals surface area (Å²) in [5.41, 5.74) is 2.98. The molecule has 0 heterocycles. The Morgan fingerprint density at radius 1 is 1.21 bits per heavy atom. The lowest BCUT2D eigenvalue weighted by Gasteiger charge is -2.15. The second-order valence-corrected chi connectivity index (χ2v) is 5.58. The Morgan fingerprint density at radius 2 is 1.95 bits per heavy atom. The third-order valence-corrected chi connectivity index (χ3v) is 4.31. The van der Waals surface area contributed by atoms with E-state index in [1.165, 1.54) is 6.07 Å². The predicted molar refractivity (Wildman–Crippen MR) is 79.9 cm³/mol. The summed E-state index contributed by atoms with van der Waals surface area (Å²) in [6.45, 7) is 2.00. The Morgan fingerprint density at radius 3 is 2.53 bits per heavy atom. The zero-order valence-electron chi connectivity index (χ0n) is 10.6. The van der Waals surface area contributed by atoms with E-state index in [1.54, 1.807) is 13.2 Å². The number of halogens is 3. The van der Waals surface area contributed by atoms with Crippen LogP contribution in [0.1, 0.15) is 21.5 Å². The summed E-state index contributed by atoms with van der Waals surface area (Å²) >= 11 is 9.29. The first-order valence-electron chi connectivity index (χ1n) is 5.76. The molecule has 4 heteroatoms. The number of alkyl halides is 1. The third kappa shape index (κ3) is 3.10. The van der Waals surface area contributed by atoms with Crippen LogP contribution >= 0.6 is 27.5 Å². The molecule has 0 bridgehead atoms. The van der Waals surface area contributed by atoms with Crippen molar-refractivity contribution in [2.45, 2.75) is 11.8 Å². The van der Waals surface area contributed by atoms with Gasteiger partial charge in [-0.2, -0.15) is 0 Å². The number of ether oxygens (including phenoxy) is 1. The summed E-state index contributed by atoms with van der Waals surface area (Å²) in [7, 11) is 1.63. The summed E-state index contributed by atoms with van der Waals surface area (Å²) in [5.74, 6) is 0.401. The monoisotopic (exact) mass is 342 g/mol. The minimum atomic E-state index is -0.408. The van der Waals surface area contributed by atoms with Crippen molar-refractivity contribution < 1.29 is 9.13 Å². The third-order valence-electron chi connectivity index (χ3n) is 2.99. The lowest BCUT2D eigenvalue weighted by Crippen LogP contribution is -1.97. The largest absolute Gasteiger partial charge is 0.497 e. The van der Waals surface area contributed by atoms with E-state index in [0.29, 0.717) is 0 Å². The van der Waals surface area contributed by atoms with Crippen LogP contribution in [0.25, 0.3) is 0 Å². The smallest absolute Gasteiger partial charge is 0.142 e. The summed E-state index contributed by atoms with van der Waals surface area (Å²) in [5, 5.41) is 0.134. The van der Waals surface area contributed by atoms with Gasteiger partial charge in [-0.3, -0.25) is 0 Å². The Bertz CT molecular complexity index is 601. The van der Waals surface area contributed by atoms with E-state index in [-0.39, 0.29) is 9.85 Å². The first-order chi connectivity index (χ1) is 9.02. The molecular weight excluding hydrogens is 331 g/mol. The van der Waals surface area contributed by atoms with Crippen molar-refractivity contribution in [1.29, 1.82) is 0 Å². The topological polar surface area (TPSA) is 9.23 Å². The highest BCUT2D eigenvalue weighted by atomic mass is 79.9. The molecule has 0 saturated heterocycles. The number of benzene rings is 2. The Hall–Kier alpha value is -1.06. The van der Waals surface area contributed by atoms with Gasteiger partial charge in [-0.05, 0) is 47.9 Å². The SMILES string of the molecule is COc1ccc(C(Br)c2ccc(Cl)c(F)c2)c(C)c1. The number of hydrogen-bond donors (Lipinski definition) is 0. The van der Waals surface area contributed by atoms with Gasteiger partial charge in [0.05, 0.1) is 17.0 Å². The summed E-state index contributed by atoms with van der Waals surface area (Å²) in [6, 6.07) is 10.7. The van der Waals surface area contributed by atoms with Gasteiger partial charge in [-0.15, -0.1) is 0 Å². The molecule has 0 aliphatic heterocycles. The van der Waals surface area contributed by atoms with Gasteiger partial charge in [0.2, 0.25) is 0 Å². The van der Waals surface area contributed by atoms with Gasteiger partial charge in [0.25, 0.3) is 0 Å². The molecule has 0 aliphatic rings. The second-order valence-electron chi connectivity index (χ2n) is 4.26. The molecular formula is C15H13BrClFO. The lowest BCUT2D eigenvalue weighted by molar-refractivity contribution is 0.414. The fourth-order valence-corrected chi connectivity index (χ4v) is 2.83. The lowest BCUT2D eigenvalue weighted by atomic mass is 10.00. The van der Waals surface area contributed by atoms with Crippen LogP contribution in [0, 0.1) is 12.7 Å². The molecule has 0 spiro atoms. The van der Waals surface area contributed by atoms with E-state index in [1.807, 2.05) is 31.2 Å². The molecule has 0 aliphatic carbocycles. The standard InChI is InChI=1S/C15H13BrClFO/c1-9-7-11(19-2)4-5-12(9)15(16)10-3-6-13(17)14(18)8-10/h3-8,15H,1-2H3. The molecule has 2 aromatic rings. The molecule has 1 unspecified atom stereocenters. The predicted octanol–water partition coefficient (Wildman–Crippen LogP) is 5.28. The molecule has 0 fully saturated rings. The molecule has 1 atom stereocenters. The Labute approximate surface area is 125 Å². The maximum absolute atomic E-state index is 13.5. The van der Waals surface area contributed by atoms with Crippen LogP contribution < -0.4 is 4.74 Å². The average Bonchev–Trinajstić information content (AvgIpc) is 2.41. The van der Waals surface area contributed by atoms with Crippen molar-refractivity contribution in [3.63, 3.8) is 0 Å². The number of aryl methyl sites for hydroxylation is 1. The molecule has 0 radical (unpaired) electrons. The molecule has 0 aromatic heterocycles. The van der Waals surface area contributed by atoms with E-state index in [4.69, 9.17) is 16.3 Å². The number of methoxy groups -OCH3 is 1. The van der Waals surface area contributed by atoms with Crippen molar-refractivity contribution in [2.24, 2.45) is 0 Å². The summed E-state index contributed by atoms with van der Waals surface area (Å²) in [6.07, 6.45) is 0. The molecule has 0 amide bonds. The molecule has 100 valence electrons.